The number of rotatable bonds is 6. The van der Waals surface area contributed by atoms with Gasteiger partial charge in [0.05, 0.1) is 17.9 Å². The van der Waals surface area contributed by atoms with Crippen LogP contribution in [0.3, 0.4) is 0 Å². The third kappa shape index (κ3) is 3.96. The molecular formula is C22H23N3O3S. The van der Waals surface area contributed by atoms with E-state index in [2.05, 4.69) is 10.3 Å². The number of hydrogen-bond acceptors (Lipinski definition) is 5. The molecule has 0 radical (unpaired) electrons. The summed E-state index contributed by atoms with van der Waals surface area (Å²) in [5.74, 6) is -0.102. The first-order chi connectivity index (χ1) is 14.0. The smallest absolute Gasteiger partial charge is 0.340 e. The van der Waals surface area contributed by atoms with Crippen LogP contribution in [0.4, 0.5) is 5.69 Å². The molecule has 150 valence electrons. The van der Waals surface area contributed by atoms with E-state index in [4.69, 9.17) is 9.72 Å². The number of amides is 1. The number of anilines is 1. The molecule has 2 aromatic heterocycles. The molecule has 2 heterocycles. The number of aromatic amines is 1. The zero-order valence-electron chi connectivity index (χ0n) is 16.7. The maximum atomic E-state index is 12.5. The molecule has 2 N–H and O–H groups in total. The van der Waals surface area contributed by atoms with Gasteiger partial charge in [0.25, 0.3) is 0 Å². The van der Waals surface area contributed by atoms with Crippen molar-refractivity contribution in [3.63, 3.8) is 0 Å². The van der Waals surface area contributed by atoms with Gasteiger partial charge in [-0.05, 0) is 45.7 Å². The summed E-state index contributed by atoms with van der Waals surface area (Å²) in [6.07, 6.45) is 1.94. The van der Waals surface area contributed by atoms with E-state index in [1.165, 1.54) is 11.3 Å². The second-order valence-electron chi connectivity index (χ2n) is 7.23. The summed E-state index contributed by atoms with van der Waals surface area (Å²) in [4.78, 5) is 32.5. The Morgan fingerprint density at radius 3 is 2.79 bits per heavy atom. The summed E-state index contributed by atoms with van der Waals surface area (Å²) in [6, 6.07) is 7.70. The number of esters is 1. The third-order valence-electron chi connectivity index (χ3n) is 4.94. The SMILES string of the molecule is CCOC(=O)c1c(C)[nH]c(C)c1-c1csc(-c2cccc(NC(=O)C3CC3)c2)n1. The number of ether oxygens (including phenoxy) is 1. The van der Waals surface area contributed by atoms with Crippen LogP contribution in [0, 0.1) is 19.8 Å². The van der Waals surface area contributed by atoms with E-state index >= 15 is 0 Å². The number of hydrogen-bond donors (Lipinski definition) is 2. The predicted molar refractivity (Wildman–Crippen MR) is 114 cm³/mol. The Hall–Kier alpha value is -2.93. The number of thiazole rings is 1. The maximum Gasteiger partial charge on any atom is 0.340 e. The predicted octanol–water partition coefficient (Wildman–Crippen LogP) is 4.95. The summed E-state index contributed by atoms with van der Waals surface area (Å²) in [5.41, 5.74) is 5.41. The molecule has 29 heavy (non-hydrogen) atoms. The van der Waals surface area contributed by atoms with E-state index < -0.39 is 0 Å². The van der Waals surface area contributed by atoms with Crippen molar-refractivity contribution in [3.8, 4) is 21.8 Å². The molecule has 0 bridgehead atoms. The normalized spacial score (nSPS) is 13.3. The maximum absolute atomic E-state index is 12.5. The monoisotopic (exact) mass is 409 g/mol. The zero-order valence-corrected chi connectivity index (χ0v) is 17.5. The minimum Gasteiger partial charge on any atom is -0.462 e. The molecule has 1 saturated carbocycles. The van der Waals surface area contributed by atoms with E-state index in [0.29, 0.717) is 12.2 Å². The van der Waals surface area contributed by atoms with Crippen LogP contribution in [-0.4, -0.2) is 28.5 Å². The quantitative estimate of drug-likeness (QED) is 0.564. The Balaban J connectivity index is 1.64. The molecule has 4 rings (SSSR count). The van der Waals surface area contributed by atoms with Crippen LogP contribution < -0.4 is 5.32 Å². The molecule has 1 aromatic carbocycles. The van der Waals surface area contributed by atoms with Gasteiger partial charge in [-0.15, -0.1) is 11.3 Å². The first-order valence-corrected chi connectivity index (χ1v) is 10.6. The molecule has 0 atom stereocenters. The van der Waals surface area contributed by atoms with Gasteiger partial charge in [-0.25, -0.2) is 9.78 Å². The second kappa shape index (κ2) is 7.83. The van der Waals surface area contributed by atoms with Crippen molar-refractivity contribution in [1.82, 2.24) is 9.97 Å². The first-order valence-electron chi connectivity index (χ1n) is 9.71. The van der Waals surface area contributed by atoms with Crippen molar-refractivity contribution in [3.05, 3.63) is 46.6 Å². The molecule has 1 aliphatic rings. The van der Waals surface area contributed by atoms with Crippen LogP contribution >= 0.6 is 11.3 Å². The fraction of sp³-hybridized carbons (Fsp3) is 0.318. The molecule has 0 spiro atoms. The number of benzene rings is 1. The molecule has 7 heteroatoms. The van der Waals surface area contributed by atoms with Gasteiger partial charge in [-0.3, -0.25) is 4.79 Å². The van der Waals surface area contributed by atoms with Gasteiger partial charge in [-0.1, -0.05) is 12.1 Å². The van der Waals surface area contributed by atoms with Crippen molar-refractivity contribution in [1.29, 1.82) is 0 Å². The molecule has 1 aliphatic carbocycles. The van der Waals surface area contributed by atoms with Crippen LogP contribution in [0.5, 0.6) is 0 Å². The Morgan fingerprint density at radius 1 is 1.28 bits per heavy atom. The van der Waals surface area contributed by atoms with Crippen LogP contribution in [0.25, 0.3) is 21.8 Å². The molecule has 0 unspecified atom stereocenters. The topological polar surface area (TPSA) is 84.1 Å². The fourth-order valence-electron chi connectivity index (χ4n) is 3.40. The summed E-state index contributed by atoms with van der Waals surface area (Å²) >= 11 is 1.51. The van der Waals surface area contributed by atoms with Gasteiger partial charge in [-0.2, -0.15) is 0 Å². The number of nitrogens with one attached hydrogen (secondary N) is 2. The van der Waals surface area contributed by atoms with E-state index in [-0.39, 0.29) is 17.8 Å². The van der Waals surface area contributed by atoms with E-state index in [1.54, 1.807) is 6.92 Å². The fourth-order valence-corrected chi connectivity index (χ4v) is 4.21. The van der Waals surface area contributed by atoms with Crippen molar-refractivity contribution >= 4 is 28.9 Å². The lowest BCUT2D eigenvalue weighted by Gasteiger charge is -2.06. The van der Waals surface area contributed by atoms with Gasteiger partial charge in [0, 0.05) is 39.5 Å². The number of carbonyl (C=O) groups excluding carboxylic acids is 2. The Bertz CT molecular complexity index is 1080. The van der Waals surface area contributed by atoms with Gasteiger partial charge >= 0.3 is 5.97 Å². The summed E-state index contributed by atoms with van der Waals surface area (Å²) < 4.78 is 5.23. The average molecular weight is 410 g/mol. The van der Waals surface area contributed by atoms with Crippen molar-refractivity contribution in [2.75, 3.05) is 11.9 Å². The highest BCUT2D eigenvalue weighted by atomic mass is 32.1. The Labute approximate surface area is 173 Å². The van der Waals surface area contributed by atoms with Gasteiger partial charge in [0.2, 0.25) is 5.91 Å². The molecular weight excluding hydrogens is 386 g/mol. The lowest BCUT2D eigenvalue weighted by molar-refractivity contribution is -0.117. The Morgan fingerprint density at radius 2 is 2.07 bits per heavy atom. The first kappa shape index (κ1) is 19.4. The molecule has 6 nitrogen and oxygen atoms in total. The van der Waals surface area contributed by atoms with Crippen molar-refractivity contribution < 1.29 is 14.3 Å². The summed E-state index contributed by atoms with van der Waals surface area (Å²) in [7, 11) is 0. The van der Waals surface area contributed by atoms with Crippen LogP contribution in [0.15, 0.2) is 29.6 Å². The van der Waals surface area contributed by atoms with Crippen molar-refractivity contribution in [2.24, 2.45) is 5.92 Å². The van der Waals surface area contributed by atoms with E-state index in [0.717, 1.165) is 51.7 Å². The number of aromatic nitrogens is 2. The van der Waals surface area contributed by atoms with E-state index in [9.17, 15) is 9.59 Å². The van der Waals surface area contributed by atoms with Crippen LogP contribution in [0.2, 0.25) is 0 Å². The van der Waals surface area contributed by atoms with Gasteiger partial charge < -0.3 is 15.0 Å². The highest BCUT2D eigenvalue weighted by Crippen LogP contribution is 2.35. The summed E-state index contributed by atoms with van der Waals surface area (Å²) in [6.45, 7) is 5.91. The Kier molecular flexibility index (Phi) is 5.24. The standard InChI is InChI=1S/C22H23N3O3S/c1-4-28-22(27)19-13(3)23-12(2)18(19)17-11-29-21(25-17)15-6-5-7-16(10-15)24-20(26)14-8-9-14/h5-7,10-11,14,23H,4,8-9H2,1-3H3,(H,24,26). The lowest BCUT2D eigenvalue weighted by Crippen LogP contribution is -2.13. The molecule has 0 saturated heterocycles. The average Bonchev–Trinajstić information content (AvgIpc) is 3.35. The van der Waals surface area contributed by atoms with Gasteiger partial charge in [0.1, 0.15) is 5.01 Å². The largest absolute Gasteiger partial charge is 0.462 e. The minimum absolute atomic E-state index is 0.0829. The molecule has 0 aliphatic heterocycles. The van der Waals surface area contributed by atoms with Crippen molar-refractivity contribution in [2.45, 2.75) is 33.6 Å². The minimum atomic E-state index is -0.344. The van der Waals surface area contributed by atoms with E-state index in [1.807, 2.05) is 43.5 Å². The highest BCUT2D eigenvalue weighted by molar-refractivity contribution is 7.13. The number of nitrogens with zero attached hydrogens (tertiary/aromatic N) is 1. The zero-order chi connectivity index (χ0) is 20.5. The number of H-pyrrole nitrogens is 1. The van der Waals surface area contributed by atoms with Crippen LogP contribution in [-0.2, 0) is 9.53 Å². The van der Waals surface area contributed by atoms with Crippen LogP contribution in [0.1, 0.15) is 41.5 Å². The molecule has 3 aromatic rings. The van der Waals surface area contributed by atoms with Gasteiger partial charge in [0.15, 0.2) is 0 Å². The third-order valence-corrected chi connectivity index (χ3v) is 5.83. The second-order valence-corrected chi connectivity index (χ2v) is 8.09. The number of carbonyl (C=O) groups is 2. The highest BCUT2D eigenvalue weighted by Gasteiger charge is 2.29. The lowest BCUT2D eigenvalue weighted by atomic mass is 10.1. The number of aryl methyl sites for hydroxylation is 2. The molecule has 1 fully saturated rings. The molecule has 1 amide bonds. The summed E-state index contributed by atoms with van der Waals surface area (Å²) in [5, 5.41) is 5.75.